The average Bonchev–Trinajstić information content (AvgIpc) is 2.65. The summed E-state index contributed by atoms with van der Waals surface area (Å²) in [7, 11) is 3.39. The number of piperidine rings is 1. The minimum atomic E-state index is -0.0949. The second-order valence-corrected chi connectivity index (χ2v) is 6.77. The van der Waals surface area contributed by atoms with Crippen LogP contribution in [-0.2, 0) is 4.79 Å². The molecule has 1 unspecified atom stereocenters. The zero-order valence-electron chi connectivity index (χ0n) is 15.9. The van der Waals surface area contributed by atoms with E-state index in [0.717, 1.165) is 19.3 Å². The first-order valence-electron chi connectivity index (χ1n) is 9.03. The fraction of sp³-hybridized carbons (Fsp3) is 0.526. The van der Waals surface area contributed by atoms with Crippen molar-refractivity contribution >= 4 is 30.1 Å². The van der Waals surface area contributed by atoms with E-state index < -0.39 is 0 Å². The topological polar surface area (TPSA) is 95.7 Å². The molecule has 3 amide bonds. The summed E-state index contributed by atoms with van der Waals surface area (Å²) in [6, 6.07) is 6.73. The largest absolute Gasteiger partial charge is 0.354 e. The van der Waals surface area contributed by atoms with Crippen LogP contribution in [0.4, 0.5) is 0 Å². The highest BCUT2D eigenvalue weighted by Gasteiger charge is 2.27. The number of nitrogens with two attached hydrogens (primary N) is 1. The van der Waals surface area contributed by atoms with Crippen molar-refractivity contribution in [1.29, 1.82) is 0 Å². The molecule has 0 spiro atoms. The molecule has 1 aliphatic rings. The SMILES string of the molecule is CN(C)C(=O)c1ccc(C(=O)N2CCCCC2CNC(=O)CCN)cc1.Cl. The summed E-state index contributed by atoms with van der Waals surface area (Å²) in [5.41, 5.74) is 6.50. The summed E-state index contributed by atoms with van der Waals surface area (Å²) in [5.74, 6) is -0.244. The van der Waals surface area contributed by atoms with Gasteiger partial charge >= 0.3 is 0 Å². The van der Waals surface area contributed by atoms with Crippen molar-refractivity contribution in [3.63, 3.8) is 0 Å². The number of benzene rings is 1. The Bertz CT molecular complexity index is 649. The number of nitrogens with zero attached hydrogens (tertiary/aromatic N) is 2. The number of amides is 3. The van der Waals surface area contributed by atoms with Gasteiger partial charge in [0, 0.05) is 57.3 Å². The van der Waals surface area contributed by atoms with Crippen molar-refractivity contribution < 1.29 is 14.4 Å². The van der Waals surface area contributed by atoms with Crippen LogP contribution < -0.4 is 11.1 Å². The molecule has 0 aliphatic carbocycles. The van der Waals surface area contributed by atoms with Gasteiger partial charge in [-0.3, -0.25) is 14.4 Å². The van der Waals surface area contributed by atoms with Crippen molar-refractivity contribution in [3.05, 3.63) is 35.4 Å². The molecule has 1 atom stereocenters. The third-order valence-electron chi connectivity index (χ3n) is 4.58. The van der Waals surface area contributed by atoms with Gasteiger partial charge in [0.1, 0.15) is 0 Å². The quantitative estimate of drug-likeness (QED) is 0.756. The van der Waals surface area contributed by atoms with Crippen LogP contribution in [0.1, 0.15) is 46.4 Å². The number of carbonyl (C=O) groups is 3. The Kier molecular flexibility index (Phi) is 9.25. The van der Waals surface area contributed by atoms with Crippen molar-refractivity contribution in [2.45, 2.75) is 31.7 Å². The number of likely N-dealkylation sites (tertiary alicyclic amines) is 1. The summed E-state index contributed by atoms with van der Waals surface area (Å²) in [6.45, 7) is 1.44. The molecule has 1 heterocycles. The molecule has 1 aromatic rings. The lowest BCUT2D eigenvalue weighted by atomic mass is 10.00. The monoisotopic (exact) mass is 396 g/mol. The highest BCUT2D eigenvalue weighted by atomic mass is 35.5. The minimum Gasteiger partial charge on any atom is -0.354 e. The molecule has 0 saturated carbocycles. The van der Waals surface area contributed by atoms with Gasteiger partial charge in [0.2, 0.25) is 5.91 Å². The van der Waals surface area contributed by atoms with Crippen LogP contribution in [0.25, 0.3) is 0 Å². The van der Waals surface area contributed by atoms with Gasteiger partial charge in [0.25, 0.3) is 11.8 Å². The van der Waals surface area contributed by atoms with E-state index in [1.54, 1.807) is 38.4 Å². The molecule has 0 bridgehead atoms. The van der Waals surface area contributed by atoms with E-state index in [1.165, 1.54) is 4.90 Å². The van der Waals surface area contributed by atoms with E-state index in [0.29, 0.717) is 37.2 Å². The molecule has 8 heteroatoms. The molecule has 150 valence electrons. The lowest BCUT2D eigenvalue weighted by Crippen LogP contribution is -2.49. The second-order valence-electron chi connectivity index (χ2n) is 6.77. The predicted molar refractivity (Wildman–Crippen MR) is 107 cm³/mol. The van der Waals surface area contributed by atoms with E-state index in [4.69, 9.17) is 5.73 Å². The maximum atomic E-state index is 12.9. The fourth-order valence-corrected chi connectivity index (χ4v) is 3.11. The molecule has 0 aromatic heterocycles. The predicted octanol–water partition coefficient (Wildman–Crippen LogP) is 1.27. The summed E-state index contributed by atoms with van der Waals surface area (Å²) in [6.07, 6.45) is 3.15. The zero-order valence-corrected chi connectivity index (χ0v) is 16.8. The van der Waals surface area contributed by atoms with Crippen molar-refractivity contribution in [1.82, 2.24) is 15.1 Å². The van der Waals surface area contributed by atoms with Crippen molar-refractivity contribution in [2.24, 2.45) is 5.73 Å². The average molecular weight is 397 g/mol. The molecule has 2 rings (SSSR count). The van der Waals surface area contributed by atoms with Gasteiger partial charge in [-0.25, -0.2) is 0 Å². The molecule has 1 fully saturated rings. The molecule has 1 aromatic carbocycles. The van der Waals surface area contributed by atoms with E-state index in [2.05, 4.69) is 5.32 Å². The van der Waals surface area contributed by atoms with Crippen molar-refractivity contribution in [3.8, 4) is 0 Å². The Morgan fingerprint density at radius 1 is 1.15 bits per heavy atom. The lowest BCUT2D eigenvalue weighted by molar-refractivity contribution is -0.121. The second kappa shape index (κ2) is 10.9. The Morgan fingerprint density at radius 3 is 2.37 bits per heavy atom. The summed E-state index contributed by atoms with van der Waals surface area (Å²) < 4.78 is 0. The molecule has 7 nitrogen and oxygen atoms in total. The highest BCUT2D eigenvalue weighted by Crippen LogP contribution is 2.20. The Labute approximate surface area is 166 Å². The zero-order chi connectivity index (χ0) is 19.1. The summed E-state index contributed by atoms with van der Waals surface area (Å²) in [4.78, 5) is 39.8. The van der Waals surface area contributed by atoms with Gasteiger partial charge in [-0.05, 0) is 43.5 Å². The van der Waals surface area contributed by atoms with Gasteiger partial charge in [-0.15, -0.1) is 12.4 Å². The van der Waals surface area contributed by atoms with Crippen LogP contribution >= 0.6 is 12.4 Å². The fourth-order valence-electron chi connectivity index (χ4n) is 3.11. The Hall–Kier alpha value is -2.12. The number of carbonyl (C=O) groups excluding carboxylic acids is 3. The maximum Gasteiger partial charge on any atom is 0.254 e. The third kappa shape index (κ3) is 6.22. The van der Waals surface area contributed by atoms with E-state index in [9.17, 15) is 14.4 Å². The molecular weight excluding hydrogens is 368 g/mol. The number of hydrogen-bond donors (Lipinski definition) is 2. The number of hydrogen-bond acceptors (Lipinski definition) is 4. The van der Waals surface area contributed by atoms with Crippen LogP contribution in [-0.4, -0.2) is 67.3 Å². The molecule has 1 aliphatic heterocycles. The van der Waals surface area contributed by atoms with Gasteiger partial charge in [0.05, 0.1) is 0 Å². The number of nitrogens with one attached hydrogen (secondary N) is 1. The number of rotatable bonds is 6. The van der Waals surface area contributed by atoms with Crippen LogP contribution in [0.3, 0.4) is 0 Å². The molecule has 3 N–H and O–H groups in total. The van der Waals surface area contributed by atoms with Gasteiger partial charge in [0.15, 0.2) is 0 Å². The van der Waals surface area contributed by atoms with E-state index >= 15 is 0 Å². The third-order valence-corrected chi connectivity index (χ3v) is 4.58. The van der Waals surface area contributed by atoms with E-state index in [1.807, 2.05) is 4.90 Å². The molecule has 1 saturated heterocycles. The Morgan fingerprint density at radius 2 is 1.78 bits per heavy atom. The summed E-state index contributed by atoms with van der Waals surface area (Å²) >= 11 is 0. The smallest absolute Gasteiger partial charge is 0.254 e. The molecule has 0 radical (unpaired) electrons. The maximum absolute atomic E-state index is 12.9. The lowest BCUT2D eigenvalue weighted by Gasteiger charge is -2.36. The van der Waals surface area contributed by atoms with E-state index in [-0.39, 0.29) is 36.2 Å². The highest BCUT2D eigenvalue weighted by molar-refractivity contribution is 5.97. The molecular formula is C19H29ClN4O3. The first-order valence-corrected chi connectivity index (χ1v) is 9.03. The first-order chi connectivity index (χ1) is 12.4. The Balaban J connectivity index is 0.00000364. The van der Waals surface area contributed by atoms with Crippen LogP contribution in [0.2, 0.25) is 0 Å². The summed E-state index contributed by atoms with van der Waals surface area (Å²) in [5, 5.41) is 2.86. The standard InChI is InChI=1S/C19H28N4O3.ClH/c1-22(2)18(25)14-6-8-15(9-7-14)19(26)23-12-4-3-5-16(23)13-21-17(24)10-11-20;/h6-9,16H,3-5,10-13,20H2,1-2H3,(H,21,24);1H. The first kappa shape index (κ1) is 22.9. The van der Waals surface area contributed by atoms with Gasteiger partial charge in [-0.1, -0.05) is 0 Å². The van der Waals surface area contributed by atoms with Crippen LogP contribution in [0.15, 0.2) is 24.3 Å². The normalized spacial score (nSPS) is 16.3. The molecule has 27 heavy (non-hydrogen) atoms. The van der Waals surface area contributed by atoms with Crippen molar-refractivity contribution in [2.75, 3.05) is 33.7 Å². The van der Waals surface area contributed by atoms with Gasteiger partial charge in [-0.2, -0.15) is 0 Å². The minimum absolute atomic E-state index is 0. The van der Waals surface area contributed by atoms with Gasteiger partial charge < -0.3 is 20.9 Å². The van der Waals surface area contributed by atoms with Crippen LogP contribution in [0.5, 0.6) is 0 Å². The number of halogens is 1. The van der Waals surface area contributed by atoms with Crippen LogP contribution in [0, 0.1) is 0 Å².